The van der Waals surface area contributed by atoms with Crippen molar-refractivity contribution in [1.82, 2.24) is 10.5 Å². The molecule has 0 radical (unpaired) electrons. The van der Waals surface area contributed by atoms with Gasteiger partial charge >= 0.3 is 0 Å². The molecule has 1 aliphatic heterocycles. The van der Waals surface area contributed by atoms with Crippen LogP contribution in [0.3, 0.4) is 0 Å². The van der Waals surface area contributed by atoms with E-state index in [1.807, 2.05) is 32.0 Å². The van der Waals surface area contributed by atoms with Crippen molar-refractivity contribution in [2.75, 3.05) is 13.7 Å². The van der Waals surface area contributed by atoms with Gasteiger partial charge in [0.1, 0.15) is 12.4 Å². The van der Waals surface area contributed by atoms with Gasteiger partial charge in [-0.15, -0.1) is 0 Å². The molecule has 1 atom stereocenters. The Morgan fingerprint density at radius 2 is 2.25 bits per heavy atom. The van der Waals surface area contributed by atoms with Gasteiger partial charge in [-0.1, -0.05) is 17.3 Å². The highest BCUT2D eigenvalue weighted by Crippen LogP contribution is 2.34. The molecule has 1 N–H and O–H groups in total. The highest BCUT2D eigenvalue weighted by Gasteiger charge is 2.24. The molecule has 6 heteroatoms. The summed E-state index contributed by atoms with van der Waals surface area (Å²) in [6.07, 6.45) is 1.78. The van der Waals surface area contributed by atoms with Gasteiger partial charge in [0.2, 0.25) is 5.91 Å². The Morgan fingerprint density at radius 1 is 1.42 bits per heavy atom. The standard InChI is InChI=1S/C18H22N2O4/c1-11-15(12(2)24-20-11)7-8-17(21)19-14-9-13-5-4-6-16(22-3)18(13)23-10-14/h4-6,14H,7-10H2,1-3H3,(H,19,21). The van der Waals surface area contributed by atoms with Crippen LogP contribution in [0.2, 0.25) is 0 Å². The molecule has 0 saturated carbocycles. The van der Waals surface area contributed by atoms with Gasteiger partial charge in [0.05, 0.1) is 18.8 Å². The molecule has 1 aromatic carbocycles. The third-order valence-corrected chi connectivity index (χ3v) is 4.32. The molecule has 0 aliphatic carbocycles. The minimum Gasteiger partial charge on any atom is -0.493 e. The Morgan fingerprint density at radius 3 is 2.96 bits per heavy atom. The minimum absolute atomic E-state index is 0.00921. The molecule has 1 unspecified atom stereocenters. The molecule has 0 spiro atoms. The monoisotopic (exact) mass is 330 g/mol. The number of nitrogens with zero attached hydrogens (tertiary/aromatic N) is 1. The van der Waals surface area contributed by atoms with Crippen LogP contribution in [0.5, 0.6) is 11.5 Å². The van der Waals surface area contributed by atoms with E-state index in [1.165, 1.54) is 0 Å². The van der Waals surface area contributed by atoms with Crippen molar-refractivity contribution < 1.29 is 18.8 Å². The average Bonchev–Trinajstić information content (AvgIpc) is 2.90. The zero-order chi connectivity index (χ0) is 17.1. The van der Waals surface area contributed by atoms with E-state index in [2.05, 4.69) is 10.5 Å². The summed E-state index contributed by atoms with van der Waals surface area (Å²) >= 11 is 0. The number of aryl methyl sites for hydroxylation is 2. The third-order valence-electron chi connectivity index (χ3n) is 4.32. The van der Waals surface area contributed by atoms with Gasteiger partial charge in [-0.25, -0.2) is 0 Å². The van der Waals surface area contributed by atoms with E-state index in [1.54, 1.807) is 7.11 Å². The van der Waals surface area contributed by atoms with E-state index in [0.29, 0.717) is 19.4 Å². The van der Waals surface area contributed by atoms with Crippen molar-refractivity contribution in [2.24, 2.45) is 0 Å². The van der Waals surface area contributed by atoms with Crippen LogP contribution in [0.1, 0.15) is 29.0 Å². The van der Waals surface area contributed by atoms with Crippen LogP contribution in [0.4, 0.5) is 0 Å². The van der Waals surface area contributed by atoms with E-state index in [0.717, 1.165) is 40.5 Å². The highest BCUT2D eigenvalue weighted by molar-refractivity contribution is 5.76. The van der Waals surface area contributed by atoms with E-state index < -0.39 is 0 Å². The quantitative estimate of drug-likeness (QED) is 0.911. The van der Waals surface area contributed by atoms with Crippen molar-refractivity contribution in [1.29, 1.82) is 0 Å². The van der Waals surface area contributed by atoms with Gasteiger partial charge < -0.3 is 19.3 Å². The Labute approximate surface area is 141 Å². The smallest absolute Gasteiger partial charge is 0.220 e. The zero-order valence-electron chi connectivity index (χ0n) is 14.2. The molecular weight excluding hydrogens is 308 g/mol. The Bertz CT molecular complexity index is 719. The number of carbonyl (C=O) groups excluding carboxylic acids is 1. The number of carbonyl (C=O) groups is 1. The van der Waals surface area contributed by atoms with Gasteiger partial charge in [-0.05, 0) is 32.8 Å². The normalized spacial score (nSPS) is 16.2. The number of aromatic nitrogens is 1. The predicted octanol–water partition coefficient (Wildman–Crippen LogP) is 2.35. The van der Waals surface area contributed by atoms with Crippen LogP contribution in [0.25, 0.3) is 0 Å². The Balaban J connectivity index is 1.56. The molecule has 0 bridgehead atoms. The number of methoxy groups -OCH3 is 1. The number of para-hydroxylation sites is 1. The van der Waals surface area contributed by atoms with E-state index >= 15 is 0 Å². The van der Waals surface area contributed by atoms with Crippen LogP contribution in [0, 0.1) is 13.8 Å². The number of amides is 1. The number of hydrogen-bond donors (Lipinski definition) is 1. The number of nitrogens with one attached hydrogen (secondary N) is 1. The van der Waals surface area contributed by atoms with E-state index in [9.17, 15) is 4.79 Å². The van der Waals surface area contributed by atoms with Crippen LogP contribution >= 0.6 is 0 Å². The second-order valence-electron chi connectivity index (χ2n) is 6.03. The molecule has 2 heterocycles. The lowest BCUT2D eigenvalue weighted by Gasteiger charge is -2.27. The molecule has 0 saturated heterocycles. The summed E-state index contributed by atoms with van der Waals surface area (Å²) in [4.78, 5) is 12.2. The topological polar surface area (TPSA) is 73.6 Å². The summed E-state index contributed by atoms with van der Waals surface area (Å²) in [7, 11) is 1.63. The summed E-state index contributed by atoms with van der Waals surface area (Å²) in [5.41, 5.74) is 2.92. The maximum Gasteiger partial charge on any atom is 0.220 e. The SMILES string of the molecule is COc1cccc2c1OCC(NC(=O)CCc1c(C)noc1C)C2. The van der Waals surface area contributed by atoms with Gasteiger partial charge in [0, 0.05) is 17.5 Å². The average molecular weight is 330 g/mol. The first-order chi connectivity index (χ1) is 11.6. The first-order valence-corrected chi connectivity index (χ1v) is 8.08. The second-order valence-corrected chi connectivity index (χ2v) is 6.03. The number of benzene rings is 1. The molecule has 3 rings (SSSR count). The number of rotatable bonds is 5. The van der Waals surface area contributed by atoms with Gasteiger partial charge in [0.25, 0.3) is 0 Å². The van der Waals surface area contributed by atoms with Gasteiger partial charge in [-0.3, -0.25) is 4.79 Å². The summed E-state index contributed by atoms with van der Waals surface area (Å²) in [5.74, 6) is 2.30. The lowest BCUT2D eigenvalue weighted by Crippen LogP contribution is -2.42. The molecule has 6 nitrogen and oxygen atoms in total. The molecular formula is C18H22N2O4. The Kier molecular flexibility index (Phi) is 4.74. The summed E-state index contributed by atoms with van der Waals surface area (Å²) in [6, 6.07) is 5.78. The summed E-state index contributed by atoms with van der Waals surface area (Å²) in [5, 5.41) is 6.96. The van der Waals surface area contributed by atoms with Crippen LogP contribution in [0.15, 0.2) is 22.7 Å². The molecule has 2 aromatic rings. The number of hydrogen-bond acceptors (Lipinski definition) is 5. The van der Waals surface area contributed by atoms with Crippen molar-refractivity contribution in [3.63, 3.8) is 0 Å². The third kappa shape index (κ3) is 3.37. The van der Waals surface area contributed by atoms with Crippen LogP contribution in [-0.4, -0.2) is 30.8 Å². The maximum absolute atomic E-state index is 12.2. The number of fused-ring (bicyclic) bond motifs is 1. The predicted molar refractivity (Wildman–Crippen MR) is 88.4 cm³/mol. The van der Waals surface area contributed by atoms with Gasteiger partial charge in [-0.2, -0.15) is 0 Å². The molecule has 1 aromatic heterocycles. The second kappa shape index (κ2) is 6.95. The lowest BCUT2D eigenvalue weighted by molar-refractivity contribution is -0.122. The fourth-order valence-corrected chi connectivity index (χ4v) is 3.04. The van der Waals surface area contributed by atoms with Crippen LogP contribution in [-0.2, 0) is 17.6 Å². The molecule has 1 amide bonds. The fraction of sp³-hybridized carbons (Fsp3) is 0.444. The van der Waals surface area contributed by atoms with Crippen molar-refractivity contribution >= 4 is 5.91 Å². The van der Waals surface area contributed by atoms with Gasteiger partial charge in [0.15, 0.2) is 11.5 Å². The van der Waals surface area contributed by atoms with Crippen LogP contribution < -0.4 is 14.8 Å². The number of ether oxygens (including phenoxy) is 2. The maximum atomic E-state index is 12.2. The zero-order valence-corrected chi connectivity index (χ0v) is 14.2. The van der Waals surface area contributed by atoms with E-state index in [4.69, 9.17) is 14.0 Å². The molecule has 24 heavy (non-hydrogen) atoms. The van der Waals surface area contributed by atoms with E-state index in [-0.39, 0.29) is 11.9 Å². The summed E-state index contributed by atoms with van der Waals surface area (Å²) in [6.45, 7) is 4.21. The summed E-state index contributed by atoms with van der Waals surface area (Å²) < 4.78 is 16.2. The van der Waals surface area contributed by atoms with Crippen molar-refractivity contribution in [2.45, 2.75) is 39.2 Å². The first-order valence-electron chi connectivity index (χ1n) is 8.08. The first kappa shape index (κ1) is 16.4. The minimum atomic E-state index is -0.0261. The molecule has 128 valence electrons. The molecule has 1 aliphatic rings. The van der Waals surface area contributed by atoms with Crippen molar-refractivity contribution in [3.05, 3.63) is 40.8 Å². The largest absolute Gasteiger partial charge is 0.493 e. The lowest BCUT2D eigenvalue weighted by atomic mass is 10.0. The molecule has 0 fully saturated rings. The highest BCUT2D eigenvalue weighted by atomic mass is 16.5. The van der Waals surface area contributed by atoms with Crippen molar-refractivity contribution in [3.8, 4) is 11.5 Å². The Hall–Kier alpha value is -2.50. The fourth-order valence-electron chi connectivity index (χ4n) is 3.04.